The first-order valence-corrected chi connectivity index (χ1v) is 18.7. The van der Waals surface area contributed by atoms with Crippen LogP contribution in [0, 0.1) is 53.8 Å². The molecule has 62 heavy (non-hydrogen) atoms. The standard InChI is InChI=1S/C42H50N6O10.Gd.2H2N.Pt/c1-22-23(2)30-16-32-25(4)27(6)37(47-32)21-44-34-18-39(58-28(7)41(51)48-35(42(52)53)19-40(49)50)38(57-14-13-56-12-11-55-10-9-54-8)17-33(34)43-20-36-26(5)24(3)31(46-36)15-29(22)45-30;;;;/h15-18,20-21,28,35H,9-14,19H2,1-8H3,(H4,43,44,45,46,47,48,49,50,51,52,53);;2*1H2;/q;;2*-1;+2/p-1. The van der Waals surface area contributed by atoms with Gasteiger partial charge in [-0.1, -0.05) is 23.3 Å². The molecule has 2 unspecified atom stereocenters. The first kappa shape index (κ1) is 56.0. The summed E-state index contributed by atoms with van der Waals surface area (Å²) >= 11 is 0. The van der Waals surface area contributed by atoms with Crippen molar-refractivity contribution in [3.05, 3.63) is 82.9 Å². The number of carboxylic acids is 2. The second kappa shape index (κ2) is 25.9. The molecular formula is C42H53GdN8O10Pt-. The van der Waals surface area contributed by atoms with E-state index in [1.54, 1.807) is 31.6 Å². The zero-order valence-corrected chi connectivity index (χ0v) is 40.3. The Morgan fingerprint density at radius 1 is 0.694 bits per heavy atom. The van der Waals surface area contributed by atoms with Gasteiger partial charge in [0.25, 0.3) is 5.91 Å². The largest absolute Gasteiger partial charge is 2.00 e. The molecule has 0 radical (unpaired) electrons. The molecule has 7 N–H and O–H groups in total. The minimum Gasteiger partial charge on any atom is -0.693 e. The predicted octanol–water partition coefficient (Wildman–Crippen LogP) is 6.79. The molecule has 5 rings (SSSR count). The van der Waals surface area contributed by atoms with Crippen LogP contribution >= 0.6 is 0 Å². The fourth-order valence-corrected chi connectivity index (χ4v) is 5.91. The van der Waals surface area contributed by atoms with Crippen molar-refractivity contribution < 1.29 is 109 Å². The molecule has 340 valence electrons. The predicted molar refractivity (Wildman–Crippen MR) is 227 cm³/mol. The van der Waals surface area contributed by atoms with Gasteiger partial charge in [-0.05, 0) is 70.8 Å². The summed E-state index contributed by atoms with van der Waals surface area (Å²) in [5.41, 5.74) is 11.1. The molecule has 0 spiro atoms. The number of methoxy groups -OCH3 is 1. The van der Waals surface area contributed by atoms with E-state index in [1.807, 2.05) is 53.7 Å². The third kappa shape index (κ3) is 14.2. The number of carbonyl (C=O) groups excluding carboxylic acids is 1. The van der Waals surface area contributed by atoms with Gasteiger partial charge in [-0.2, -0.15) is 0 Å². The van der Waals surface area contributed by atoms with E-state index in [1.165, 1.54) is 6.92 Å². The number of carbonyl (C=O) groups is 3. The third-order valence-electron chi connectivity index (χ3n) is 9.91. The molecule has 1 amide bonds. The van der Waals surface area contributed by atoms with Crippen molar-refractivity contribution in [2.24, 2.45) is 0 Å². The maximum absolute atomic E-state index is 13.1. The summed E-state index contributed by atoms with van der Waals surface area (Å²) in [4.78, 5) is 60.5. The number of hydrogen-bond acceptors (Lipinski definition) is 12. The molecule has 2 atom stereocenters. The summed E-state index contributed by atoms with van der Waals surface area (Å²) < 4.78 is 28.3. The number of nitrogens with two attached hydrogens (primary N) is 2. The Bertz CT molecular complexity index is 2360. The fourth-order valence-electron chi connectivity index (χ4n) is 5.91. The van der Waals surface area contributed by atoms with Gasteiger partial charge in [0, 0.05) is 59.2 Å². The number of aryl methyl sites for hydroxylation is 2. The summed E-state index contributed by atoms with van der Waals surface area (Å²) in [5.74, 6) is -3.47. The molecule has 1 aromatic carbocycles. The number of nitrogens with zero attached hydrogens (tertiary/aromatic N) is 5. The van der Waals surface area contributed by atoms with Crippen LogP contribution in [0.25, 0.3) is 56.7 Å². The second-order valence-corrected chi connectivity index (χ2v) is 13.8. The van der Waals surface area contributed by atoms with Gasteiger partial charge in [0.1, 0.15) is 12.6 Å². The van der Waals surface area contributed by atoms with E-state index >= 15 is 0 Å². The van der Waals surface area contributed by atoms with Gasteiger partial charge < -0.3 is 56.5 Å². The van der Waals surface area contributed by atoms with E-state index < -0.39 is 36.4 Å². The molecular weight excluding hydrogens is 1130 g/mol. The number of aromatic nitrogens is 5. The summed E-state index contributed by atoms with van der Waals surface area (Å²) in [7, 11) is 1.59. The van der Waals surface area contributed by atoms with Gasteiger partial charge in [0.15, 0.2) is 17.6 Å². The zero-order valence-electron chi connectivity index (χ0n) is 35.8. The molecule has 2 aliphatic rings. The number of aliphatic carboxylic acids is 2. The molecule has 18 nitrogen and oxygen atoms in total. The molecule has 0 fully saturated rings. The Morgan fingerprint density at radius 3 is 1.61 bits per heavy atom. The van der Waals surface area contributed by atoms with Crippen molar-refractivity contribution in [3.63, 3.8) is 0 Å². The van der Waals surface area contributed by atoms with Gasteiger partial charge in [-0.3, -0.25) is 19.6 Å². The number of amides is 1. The van der Waals surface area contributed by atoms with Crippen LogP contribution in [0.4, 0.5) is 0 Å². The maximum Gasteiger partial charge on any atom is 2.00 e. The average molecular weight is 1180 g/mol. The molecule has 0 saturated carbocycles. The van der Waals surface area contributed by atoms with E-state index in [2.05, 4.69) is 5.32 Å². The van der Waals surface area contributed by atoms with E-state index in [0.29, 0.717) is 48.8 Å². The number of fused-ring (bicyclic) bond motifs is 7. The number of nitrogens with one attached hydrogen (secondary N) is 1. The van der Waals surface area contributed by atoms with E-state index in [-0.39, 0.29) is 98.0 Å². The van der Waals surface area contributed by atoms with Crippen LogP contribution in [-0.2, 0) is 49.7 Å². The second-order valence-electron chi connectivity index (χ2n) is 13.8. The minimum absolute atomic E-state index is 0. The Balaban J connectivity index is 0.00000480. The van der Waals surface area contributed by atoms with Gasteiger partial charge in [-0.25, -0.2) is 14.8 Å². The Labute approximate surface area is 406 Å². The number of carboxylic acid groups (broad SMARTS) is 2. The van der Waals surface area contributed by atoms with Crippen LogP contribution in [0.15, 0.2) is 36.7 Å². The number of rotatable bonds is 17. The van der Waals surface area contributed by atoms with Gasteiger partial charge in [-0.15, -0.1) is 11.0 Å². The normalized spacial score (nSPS) is 12.7. The molecule has 2 aromatic heterocycles. The van der Waals surface area contributed by atoms with Crippen LogP contribution in [0.5, 0.6) is 11.5 Å². The average Bonchev–Trinajstić information content (AvgIpc) is 3.72. The van der Waals surface area contributed by atoms with Crippen molar-refractivity contribution in [2.45, 2.75) is 67.0 Å². The SMILES string of the molecule is COCCOCCOCCOc1cc2ncc3nc(cc4[n-]c(cc5nc(cnc2cc1OC(C)C(=O)NC(CC(=O)O)C(=O)O)C(C)=C5C)c(C)c4C)C(C)=C3C.[Gd].[NH2-].[NH2-].[Pt+2]. The van der Waals surface area contributed by atoms with Crippen molar-refractivity contribution in [1.82, 2.24) is 30.2 Å². The number of hydrogen-bond donors (Lipinski definition) is 3. The summed E-state index contributed by atoms with van der Waals surface area (Å²) in [5, 5.41) is 20.9. The topological polar surface area (TPSA) is 283 Å². The number of benzene rings is 1. The van der Waals surface area contributed by atoms with Crippen LogP contribution in [0.3, 0.4) is 0 Å². The van der Waals surface area contributed by atoms with Crippen LogP contribution in [0.1, 0.15) is 74.9 Å². The molecule has 0 aliphatic carbocycles. The van der Waals surface area contributed by atoms with Gasteiger partial charge in [0.2, 0.25) is 0 Å². The van der Waals surface area contributed by atoms with Crippen molar-refractivity contribution in [1.29, 1.82) is 0 Å². The fraction of sp³-hybridized carbons (Fsp3) is 0.405. The third-order valence-corrected chi connectivity index (χ3v) is 9.91. The first-order chi connectivity index (χ1) is 27.7. The Hall–Kier alpha value is -4.04. The Morgan fingerprint density at radius 2 is 1.15 bits per heavy atom. The smallest absolute Gasteiger partial charge is 0.693 e. The van der Waals surface area contributed by atoms with Crippen molar-refractivity contribution in [2.75, 3.05) is 46.8 Å². The quantitative estimate of drug-likeness (QED) is 0.117. The van der Waals surface area contributed by atoms with Crippen LogP contribution < -0.4 is 19.8 Å². The first-order valence-electron chi connectivity index (χ1n) is 18.7. The molecule has 2 aliphatic heterocycles. The van der Waals surface area contributed by atoms with Crippen LogP contribution in [-0.4, -0.2) is 107 Å². The Kier molecular flexibility index (Phi) is 23.4. The molecule has 4 heterocycles. The number of allylic oxidation sites excluding steroid dienone is 4. The van der Waals surface area contributed by atoms with E-state index in [0.717, 1.165) is 55.8 Å². The summed E-state index contributed by atoms with van der Waals surface area (Å²) in [6, 6.07) is 5.46. The van der Waals surface area contributed by atoms with Crippen molar-refractivity contribution >= 4 is 62.2 Å². The van der Waals surface area contributed by atoms with Gasteiger partial charge in [0.05, 0.1) is 85.7 Å². The molecule has 3 aromatic rings. The van der Waals surface area contributed by atoms with Gasteiger partial charge >= 0.3 is 33.0 Å². The summed E-state index contributed by atoms with van der Waals surface area (Å²) in [6.07, 6.45) is 1.17. The van der Waals surface area contributed by atoms with Crippen LogP contribution in [0.2, 0.25) is 0 Å². The maximum atomic E-state index is 13.1. The molecule has 0 saturated heterocycles. The minimum atomic E-state index is -1.67. The summed E-state index contributed by atoms with van der Waals surface area (Å²) in [6.45, 7) is 15.3. The molecule has 20 heteroatoms. The van der Waals surface area contributed by atoms with E-state index in [4.69, 9.17) is 53.7 Å². The van der Waals surface area contributed by atoms with Crippen molar-refractivity contribution in [3.8, 4) is 11.5 Å². The number of ether oxygens (including phenoxy) is 5. The van der Waals surface area contributed by atoms with E-state index in [9.17, 15) is 19.5 Å². The zero-order chi connectivity index (χ0) is 42.1. The molecule has 6 bridgehead atoms. The monoisotopic (exact) mass is 1180 g/mol.